The zero-order chi connectivity index (χ0) is 20.8. The van der Waals surface area contributed by atoms with Gasteiger partial charge in [-0.2, -0.15) is 0 Å². The molecule has 0 aliphatic rings. The second-order valence-electron chi connectivity index (χ2n) is 5.23. The molecule has 0 bridgehead atoms. The highest BCUT2D eigenvalue weighted by molar-refractivity contribution is 7.97. The molecule has 0 unspecified atom stereocenters. The van der Waals surface area contributed by atoms with Gasteiger partial charge in [0, 0.05) is 29.1 Å². The SMILES string of the molecule is O=C(NC(=O)N(Oc1cc([N+](=O)[O-])ccn1)Sc1ccccc1)c1ccc(Cl)s1. The number of hydrogen-bond acceptors (Lipinski definition) is 8. The summed E-state index contributed by atoms with van der Waals surface area (Å²) >= 11 is 7.68. The summed E-state index contributed by atoms with van der Waals surface area (Å²) in [6, 6.07) is 13.1. The molecule has 0 aliphatic heterocycles. The summed E-state index contributed by atoms with van der Waals surface area (Å²) < 4.78 is 1.17. The van der Waals surface area contributed by atoms with Gasteiger partial charge in [-0.3, -0.25) is 20.2 Å². The Morgan fingerprint density at radius 3 is 2.62 bits per heavy atom. The number of rotatable bonds is 6. The second kappa shape index (κ2) is 9.37. The summed E-state index contributed by atoms with van der Waals surface area (Å²) in [6.45, 7) is 0. The van der Waals surface area contributed by atoms with E-state index in [1.54, 1.807) is 30.3 Å². The van der Waals surface area contributed by atoms with Crippen LogP contribution in [0.25, 0.3) is 0 Å². The third kappa shape index (κ3) is 5.67. The zero-order valence-corrected chi connectivity index (χ0v) is 16.7. The Bertz CT molecular complexity index is 1050. The van der Waals surface area contributed by atoms with Crippen molar-refractivity contribution in [1.29, 1.82) is 0 Å². The number of imide groups is 1. The fraction of sp³-hybridized carbons (Fsp3) is 0. The van der Waals surface area contributed by atoms with E-state index in [4.69, 9.17) is 16.4 Å². The molecule has 2 aromatic heterocycles. The van der Waals surface area contributed by atoms with Crippen molar-refractivity contribution in [3.05, 3.63) is 80.1 Å². The lowest BCUT2D eigenvalue weighted by Gasteiger charge is -2.19. The van der Waals surface area contributed by atoms with Gasteiger partial charge in [0.15, 0.2) is 0 Å². The quantitative estimate of drug-likeness (QED) is 0.332. The first-order valence-corrected chi connectivity index (χ1v) is 9.81. The van der Waals surface area contributed by atoms with Crippen molar-refractivity contribution in [2.75, 3.05) is 0 Å². The summed E-state index contributed by atoms with van der Waals surface area (Å²) in [5.74, 6) is -0.856. The van der Waals surface area contributed by atoms with Gasteiger partial charge in [0.2, 0.25) is 0 Å². The number of aromatic nitrogens is 1. The van der Waals surface area contributed by atoms with Crippen molar-refractivity contribution in [1.82, 2.24) is 14.8 Å². The van der Waals surface area contributed by atoms with E-state index in [0.29, 0.717) is 9.23 Å². The molecule has 1 N–H and O–H groups in total. The lowest BCUT2D eigenvalue weighted by Crippen LogP contribution is -2.40. The Balaban J connectivity index is 1.80. The van der Waals surface area contributed by atoms with Crippen LogP contribution in [-0.2, 0) is 0 Å². The summed E-state index contributed by atoms with van der Waals surface area (Å²) in [6.07, 6.45) is 1.18. The molecule has 3 aromatic rings. The highest BCUT2D eigenvalue weighted by atomic mass is 35.5. The third-order valence-corrected chi connectivity index (χ3v) is 5.34. The van der Waals surface area contributed by atoms with Crippen LogP contribution in [-0.4, -0.2) is 26.3 Å². The molecular weight excluding hydrogens is 440 g/mol. The number of urea groups is 1. The van der Waals surface area contributed by atoms with Crippen molar-refractivity contribution >= 4 is 52.5 Å². The summed E-state index contributed by atoms with van der Waals surface area (Å²) in [7, 11) is 0. The highest BCUT2D eigenvalue weighted by Crippen LogP contribution is 2.26. The molecule has 0 atom stereocenters. The van der Waals surface area contributed by atoms with Gasteiger partial charge < -0.3 is 4.84 Å². The number of hydrogen-bond donors (Lipinski definition) is 1. The summed E-state index contributed by atoms with van der Waals surface area (Å²) in [4.78, 5) is 45.3. The van der Waals surface area contributed by atoms with E-state index < -0.39 is 16.9 Å². The van der Waals surface area contributed by atoms with Gasteiger partial charge in [0.1, 0.15) is 0 Å². The number of thiophene rings is 1. The lowest BCUT2D eigenvalue weighted by atomic mass is 10.4. The number of pyridine rings is 1. The number of halogens is 1. The van der Waals surface area contributed by atoms with Crippen LogP contribution in [0.15, 0.2) is 65.7 Å². The first-order valence-electron chi connectivity index (χ1n) is 7.84. The number of benzene rings is 1. The zero-order valence-electron chi connectivity index (χ0n) is 14.4. The second-order valence-corrected chi connectivity index (χ2v) is 7.93. The number of carbonyl (C=O) groups excluding carboxylic acids is 2. The molecule has 12 heteroatoms. The van der Waals surface area contributed by atoms with Crippen LogP contribution in [0.1, 0.15) is 9.67 Å². The fourth-order valence-electron chi connectivity index (χ4n) is 1.97. The Morgan fingerprint density at radius 1 is 1.21 bits per heavy atom. The van der Waals surface area contributed by atoms with Crippen molar-refractivity contribution in [3.63, 3.8) is 0 Å². The molecule has 0 saturated heterocycles. The van der Waals surface area contributed by atoms with Crippen LogP contribution < -0.4 is 10.2 Å². The van der Waals surface area contributed by atoms with Crippen LogP contribution in [0.5, 0.6) is 5.88 Å². The van der Waals surface area contributed by atoms with E-state index in [-0.39, 0.29) is 16.4 Å². The Hall–Kier alpha value is -3.15. The number of carbonyl (C=O) groups is 2. The Morgan fingerprint density at radius 2 is 1.97 bits per heavy atom. The molecule has 0 spiro atoms. The van der Waals surface area contributed by atoms with Crippen LogP contribution in [0.2, 0.25) is 4.34 Å². The van der Waals surface area contributed by atoms with E-state index in [9.17, 15) is 19.7 Å². The van der Waals surface area contributed by atoms with Gasteiger partial charge in [-0.25, -0.2) is 9.78 Å². The largest absolute Gasteiger partial charge is 0.368 e. The average molecular weight is 451 g/mol. The molecular formula is C17H11ClN4O5S2. The smallest absolute Gasteiger partial charge is 0.343 e. The molecule has 148 valence electrons. The summed E-state index contributed by atoms with van der Waals surface area (Å²) in [5.41, 5.74) is -0.260. The Kier molecular flexibility index (Phi) is 6.65. The maximum atomic E-state index is 12.6. The summed E-state index contributed by atoms with van der Waals surface area (Å²) in [5, 5.41) is 13.1. The Labute approximate surface area is 177 Å². The van der Waals surface area contributed by atoms with Crippen molar-refractivity contribution in [2.45, 2.75) is 4.90 Å². The normalized spacial score (nSPS) is 10.2. The van der Waals surface area contributed by atoms with Crippen molar-refractivity contribution in [3.8, 4) is 5.88 Å². The van der Waals surface area contributed by atoms with Gasteiger partial charge in [-0.15, -0.1) is 11.3 Å². The number of amides is 3. The van der Waals surface area contributed by atoms with E-state index in [1.165, 1.54) is 24.4 Å². The van der Waals surface area contributed by atoms with Gasteiger partial charge in [-0.05, 0) is 24.3 Å². The molecule has 2 heterocycles. The van der Waals surface area contributed by atoms with E-state index in [1.807, 2.05) is 0 Å². The van der Waals surface area contributed by atoms with Crippen molar-refractivity contribution < 1.29 is 19.3 Å². The van der Waals surface area contributed by atoms with E-state index in [0.717, 1.165) is 33.8 Å². The van der Waals surface area contributed by atoms with Crippen LogP contribution >= 0.6 is 34.9 Å². The predicted octanol–water partition coefficient (Wildman–Crippen LogP) is 4.56. The molecule has 29 heavy (non-hydrogen) atoms. The number of nitrogens with zero attached hydrogens (tertiary/aromatic N) is 3. The van der Waals surface area contributed by atoms with Crippen LogP contribution in [0.3, 0.4) is 0 Å². The van der Waals surface area contributed by atoms with E-state index >= 15 is 0 Å². The minimum absolute atomic E-state index is 0.190. The third-order valence-electron chi connectivity index (χ3n) is 3.22. The molecule has 0 fully saturated rings. The minimum atomic E-state index is -0.901. The topological polar surface area (TPSA) is 115 Å². The maximum absolute atomic E-state index is 12.6. The fourth-order valence-corrected chi connectivity index (χ4v) is 3.62. The van der Waals surface area contributed by atoms with Gasteiger partial charge in [-0.1, -0.05) is 34.3 Å². The standard InChI is InChI=1S/C17H11ClN4O5S2/c18-14-7-6-13(28-14)16(23)20-17(24)22(29-12-4-2-1-3-5-12)27-15-10-11(21(25)26)8-9-19-15/h1-10H,(H,20,23,24). The average Bonchev–Trinajstić information content (AvgIpc) is 3.15. The molecule has 0 radical (unpaired) electrons. The van der Waals surface area contributed by atoms with Crippen molar-refractivity contribution in [2.24, 2.45) is 0 Å². The predicted molar refractivity (Wildman–Crippen MR) is 108 cm³/mol. The molecule has 1 aromatic carbocycles. The maximum Gasteiger partial charge on any atom is 0.368 e. The molecule has 0 saturated carbocycles. The number of nitrogens with one attached hydrogen (secondary N) is 1. The van der Waals surface area contributed by atoms with Gasteiger partial charge in [0.05, 0.1) is 20.2 Å². The van der Waals surface area contributed by atoms with Gasteiger partial charge >= 0.3 is 6.03 Å². The molecule has 0 aliphatic carbocycles. The highest BCUT2D eigenvalue weighted by Gasteiger charge is 2.23. The minimum Gasteiger partial charge on any atom is -0.343 e. The van der Waals surface area contributed by atoms with Crippen LogP contribution in [0.4, 0.5) is 10.5 Å². The van der Waals surface area contributed by atoms with Gasteiger partial charge in [0.25, 0.3) is 17.5 Å². The van der Waals surface area contributed by atoms with E-state index in [2.05, 4.69) is 10.3 Å². The van der Waals surface area contributed by atoms with Crippen LogP contribution in [0, 0.1) is 10.1 Å². The number of hydroxylamine groups is 1. The number of nitro groups is 1. The monoisotopic (exact) mass is 450 g/mol. The molecule has 3 rings (SSSR count). The first kappa shape index (κ1) is 20.6. The molecule has 9 nitrogen and oxygen atoms in total. The molecule has 3 amide bonds. The lowest BCUT2D eigenvalue weighted by molar-refractivity contribution is -0.385. The first-order chi connectivity index (χ1) is 13.9.